The van der Waals surface area contributed by atoms with Crippen LogP contribution in [0.4, 0.5) is 10.1 Å². The highest BCUT2D eigenvalue weighted by atomic mass is 35.5. The lowest BCUT2D eigenvalue weighted by Crippen LogP contribution is -2.33. The van der Waals surface area contributed by atoms with Crippen molar-refractivity contribution in [2.45, 2.75) is 19.4 Å². The minimum Gasteiger partial charge on any atom is -0.463 e. The highest BCUT2D eigenvalue weighted by Crippen LogP contribution is 2.21. The Balaban J connectivity index is 1.80. The molecule has 3 aromatic rings. The van der Waals surface area contributed by atoms with Gasteiger partial charge in [-0.25, -0.2) is 4.39 Å². The van der Waals surface area contributed by atoms with Gasteiger partial charge in [0.15, 0.2) is 6.10 Å². The molecule has 0 spiro atoms. The minimum atomic E-state index is -0.844. The maximum absolute atomic E-state index is 13.1. The number of amides is 1. The third-order valence-electron chi connectivity index (χ3n) is 3.90. The first-order chi connectivity index (χ1) is 13.5. The normalized spacial score (nSPS) is 11.7. The molecule has 1 N–H and O–H groups in total. The van der Waals surface area contributed by atoms with E-state index in [0.29, 0.717) is 22.8 Å². The Morgan fingerprint density at radius 3 is 2.57 bits per heavy atom. The summed E-state index contributed by atoms with van der Waals surface area (Å²) in [6, 6.07) is 14.8. The van der Waals surface area contributed by atoms with Crippen LogP contribution in [0, 0.1) is 5.82 Å². The van der Waals surface area contributed by atoms with E-state index in [9.17, 15) is 14.0 Å². The van der Waals surface area contributed by atoms with Crippen molar-refractivity contribution in [1.29, 1.82) is 0 Å². The van der Waals surface area contributed by atoms with Gasteiger partial charge in [0.2, 0.25) is 5.88 Å². The van der Waals surface area contributed by atoms with Gasteiger partial charge in [0, 0.05) is 12.1 Å². The number of carbonyl (C=O) groups excluding carboxylic acids is 1. The van der Waals surface area contributed by atoms with Crippen LogP contribution in [-0.4, -0.2) is 21.8 Å². The zero-order chi connectivity index (χ0) is 20.1. The van der Waals surface area contributed by atoms with Crippen molar-refractivity contribution in [3.05, 3.63) is 81.9 Å². The average molecular weight is 402 g/mol. The maximum atomic E-state index is 13.1. The predicted octanol–water partition coefficient (Wildman–Crippen LogP) is 3.82. The fourth-order valence-electron chi connectivity index (χ4n) is 2.47. The number of para-hydroxylation sites is 1. The summed E-state index contributed by atoms with van der Waals surface area (Å²) >= 11 is 6.06. The molecule has 1 atom stereocenters. The van der Waals surface area contributed by atoms with E-state index >= 15 is 0 Å². The van der Waals surface area contributed by atoms with Gasteiger partial charge in [-0.2, -0.15) is 4.68 Å². The fraction of sp³-hybridized carbons (Fsp3) is 0.150. The highest BCUT2D eigenvalue weighted by molar-refractivity contribution is 6.33. The van der Waals surface area contributed by atoms with Gasteiger partial charge in [0.25, 0.3) is 11.5 Å². The molecule has 1 heterocycles. The molecule has 1 unspecified atom stereocenters. The molecular formula is C20H17ClFN3O3. The first-order valence-corrected chi connectivity index (χ1v) is 8.94. The van der Waals surface area contributed by atoms with Gasteiger partial charge in [-0.1, -0.05) is 30.7 Å². The zero-order valence-electron chi connectivity index (χ0n) is 14.9. The molecule has 0 bridgehead atoms. The van der Waals surface area contributed by atoms with Gasteiger partial charge < -0.3 is 10.1 Å². The number of anilines is 1. The van der Waals surface area contributed by atoms with Gasteiger partial charge in [-0.05, 0) is 42.8 Å². The summed E-state index contributed by atoms with van der Waals surface area (Å²) in [4.78, 5) is 24.6. The average Bonchev–Trinajstić information content (AvgIpc) is 2.69. The van der Waals surface area contributed by atoms with E-state index in [1.165, 1.54) is 36.4 Å². The van der Waals surface area contributed by atoms with Crippen LogP contribution in [-0.2, 0) is 4.79 Å². The van der Waals surface area contributed by atoms with Crippen LogP contribution >= 0.6 is 11.6 Å². The number of halogens is 2. The number of rotatable bonds is 6. The predicted molar refractivity (Wildman–Crippen MR) is 105 cm³/mol. The van der Waals surface area contributed by atoms with Crippen LogP contribution < -0.4 is 15.6 Å². The van der Waals surface area contributed by atoms with Crippen LogP contribution in [0.1, 0.15) is 13.3 Å². The van der Waals surface area contributed by atoms with E-state index in [4.69, 9.17) is 16.3 Å². The summed E-state index contributed by atoms with van der Waals surface area (Å²) in [5, 5.41) is 7.24. The Morgan fingerprint density at radius 2 is 1.89 bits per heavy atom. The summed E-state index contributed by atoms with van der Waals surface area (Å²) in [6.45, 7) is 1.78. The Morgan fingerprint density at radius 1 is 1.18 bits per heavy atom. The molecule has 0 aliphatic rings. The summed E-state index contributed by atoms with van der Waals surface area (Å²) in [6.07, 6.45) is -0.476. The second kappa shape index (κ2) is 8.67. The van der Waals surface area contributed by atoms with Crippen molar-refractivity contribution in [1.82, 2.24) is 9.78 Å². The first-order valence-electron chi connectivity index (χ1n) is 8.56. The third-order valence-corrected chi connectivity index (χ3v) is 4.23. The highest BCUT2D eigenvalue weighted by Gasteiger charge is 2.20. The second-order valence-electron chi connectivity index (χ2n) is 5.88. The summed E-state index contributed by atoms with van der Waals surface area (Å²) in [5.74, 6) is -0.728. The molecule has 0 saturated heterocycles. The monoisotopic (exact) mass is 401 g/mol. The van der Waals surface area contributed by atoms with Gasteiger partial charge in [0.05, 0.1) is 16.4 Å². The molecule has 0 saturated carbocycles. The van der Waals surface area contributed by atoms with Crippen molar-refractivity contribution >= 4 is 23.2 Å². The van der Waals surface area contributed by atoms with Crippen LogP contribution in [0.3, 0.4) is 0 Å². The molecule has 144 valence electrons. The molecular weight excluding hydrogens is 385 g/mol. The van der Waals surface area contributed by atoms with E-state index in [-0.39, 0.29) is 5.88 Å². The summed E-state index contributed by atoms with van der Waals surface area (Å²) in [7, 11) is 0. The summed E-state index contributed by atoms with van der Waals surface area (Å²) in [5.41, 5.74) is 0.443. The van der Waals surface area contributed by atoms with Gasteiger partial charge in [0.1, 0.15) is 5.82 Å². The van der Waals surface area contributed by atoms with Crippen LogP contribution in [0.5, 0.6) is 5.88 Å². The molecule has 28 heavy (non-hydrogen) atoms. The van der Waals surface area contributed by atoms with Crippen LogP contribution in [0.2, 0.25) is 5.02 Å². The van der Waals surface area contributed by atoms with Crippen molar-refractivity contribution in [3.8, 4) is 11.6 Å². The summed E-state index contributed by atoms with van der Waals surface area (Å²) < 4.78 is 19.9. The molecule has 0 fully saturated rings. The number of hydrogen-bond acceptors (Lipinski definition) is 4. The second-order valence-corrected chi connectivity index (χ2v) is 6.29. The van der Waals surface area contributed by atoms with E-state index in [2.05, 4.69) is 10.4 Å². The SMILES string of the molecule is CCC(Oc1ccc(=O)n(-c2ccc(F)cc2)n1)C(=O)Nc1ccccc1Cl. The Hall–Kier alpha value is -3.19. The molecule has 0 aliphatic heterocycles. The van der Waals surface area contributed by atoms with E-state index < -0.39 is 23.4 Å². The quantitative estimate of drug-likeness (QED) is 0.681. The largest absolute Gasteiger partial charge is 0.463 e. The first kappa shape index (κ1) is 19.6. The van der Waals surface area contributed by atoms with Gasteiger partial charge >= 0.3 is 0 Å². The lowest BCUT2D eigenvalue weighted by molar-refractivity contribution is -0.123. The number of ether oxygens (including phenoxy) is 1. The lowest BCUT2D eigenvalue weighted by Gasteiger charge is -2.17. The molecule has 0 aliphatic carbocycles. The molecule has 3 rings (SSSR count). The van der Waals surface area contributed by atoms with Crippen molar-refractivity contribution in [2.24, 2.45) is 0 Å². The molecule has 1 aromatic heterocycles. The van der Waals surface area contributed by atoms with Crippen LogP contribution in [0.15, 0.2) is 65.5 Å². The number of nitrogens with zero attached hydrogens (tertiary/aromatic N) is 2. The molecule has 8 heteroatoms. The Bertz CT molecular complexity index is 1040. The van der Waals surface area contributed by atoms with Gasteiger partial charge in [-0.15, -0.1) is 5.10 Å². The maximum Gasteiger partial charge on any atom is 0.271 e. The van der Waals surface area contributed by atoms with Crippen molar-refractivity contribution in [3.63, 3.8) is 0 Å². The van der Waals surface area contributed by atoms with Gasteiger partial charge in [-0.3, -0.25) is 9.59 Å². The minimum absolute atomic E-state index is 0.0880. The Labute approximate surface area is 165 Å². The van der Waals surface area contributed by atoms with Crippen molar-refractivity contribution in [2.75, 3.05) is 5.32 Å². The fourth-order valence-corrected chi connectivity index (χ4v) is 2.65. The van der Waals surface area contributed by atoms with E-state index in [1.807, 2.05) is 0 Å². The van der Waals surface area contributed by atoms with Crippen molar-refractivity contribution < 1.29 is 13.9 Å². The Kier molecular flexibility index (Phi) is 6.06. The molecule has 1 amide bonds. The van der Waals surface area contributed by atoms with E-state index in [0.717, 1.165) is 4.68 Å². The number of nitrogens with one attached hydrogen (secondary N) is 1. The number of aromatic nitrogens is 2. The number of benzene rings is 2. The molecule has 2 aromatic carbocycles. The number of carbonyl (C=O) groups is 1. The third kappa shape index (κ3) is 4.55. The number of hydrogen-bond donors (Lipinski definition) is 1. The molecule has 6 nitrogen and oxygen atoms in total. The zero-order valence-corrected chi connectivity index (χ0v) is 15.7. The topological polar surface area (TPSA) is 73.2 Å². The standard InChI is InChI=1S/C20H17ClFN3O3/c1-2-17(20(27)23-16-6-4-3-5-15(16)21)28-18-11-12-19(26)25(24-18)14-9-7-13(22)8-10-14/h3-12,17H,2H2,1H3,(H,23,27). The smallest absolute Gasteiger partial charge is 0.271 e. The molecule has 0 radical (unpaired) electrons. The lowest BCUT2D eigenvalue weighted by atomic mass is 10.2. The van der Waals surface area contributed by atoms with E-state index in [1.54, 1.807) is 31.2 Å². The van der Waals surface area contributed by atoms with Crippen LogP contribution in [0.25, 0.3) is 5.69 Å².